The lowest BCUT2D eigenvalue weighted by atomic mass is 9.90. The number of benzene rings is 1. The highest BCUT2D eigenvalue weighted by molar-refractivity contribution is 5.76. The zero-order valence-electron chi connectivity index (χ0n) is 14.7. The van der Waals surface area contributed by atoms with Gasteiger partial charge in [-0.1, -0.05) is 36.9 Å². The van der Waals surface area contributed by atoms with Gasteiger partial charge in [0.05, 0.1) is 18.5 Å². The zero-order valence-corrected chi connectivity index (χ0v) is 14.7. The second kappa shape index (κ2) is 7.83. The van der Waals surface area contributed by atoms with E-state index in [9.17, 15) is 9.90 Å². The van der Waals surface area contributed by atoms with E-state index in [0.29, 0.717) is 38.9 Å². The molecule has 1 fully saturated rings. The molecule has 1 saturated heterocycles. The van der Waals surface area contributed by atoms with Crippen LogP contribution in [-0.2, 0) is 11.2 Å². The molecule has 0 spiro atoms. The third kappa shape index (κ3) is 4.69. The summed E-state index contributed by atoms with van der Waals surface area (Å²) in [6, 6.07) is 10.1. The SMILES string of the molecule is C=C1CCN=CN1CC1(O)CCN(C(=O)CCc2ccccc2)CC1. The number of aryl methyl sites for hydroxylation is 1. The first-order valence-electron chi connectivity index (χ1n) is 9.04. The van der Waals surface area contributed by atoms with Gasteiger partial charge in [-0.15, -0.1) is 0 Å². The minimum absolute atomic E-state index is 0.176. The summed E-state index contributed by atoms with van der Waals surface area (Å²) in [4.78, 5) is 20.5. The van der Waals surface area contributed by atoms with Crippen molar-refractivity contribution in [3.8, 4) is 0 Å². The van der Waals surface area contributed by atoms with Crippen LogP contribution < -0.4 is 0 Å². The summed E-state index contributed by atoms with van der Waals surface area (Å²) < 4.78 is 0. The van der Waals surface area contributed by atoms with Gasteiger partial charge in [0.25, 0.3) is 0 Å². The second-order valence-corrected chi connectivity index (χ2v) is 7.06. The molecular formula is C20H27N3O2. The summed E-state index contributed by atoms with van der Waals surface area (Å²) in [5.74, 6) is 0.176. The Morgan fingerprint density at radius 1 is 1.24 bits per heavy atom. The summed E-state index contributed by atoms with van der Waals surface area (Å²) in [7, 11) is 0. The minimum atomic E-state index is -0.775. The quantitative estimate of drug-likeness (QED) is 0.893. The number of aliphatic imine (C=N–C) groups is 1. The van der Waals surface area contributed by atoms with Crippen LogP contribution in [0.15, 0.2) is 47.6 Å². The number of carbonyl (C=O) groups is 1. The van der Waals surface area contributed by atoms with Gasteiger partial charge < -0.3 is 14.9 Å². The van der Waals surface area contributed by atoms with Crippen LogP contribution in [0.3, 0.4) is 0 Å². The van der Waals surface area contributed by atoms with Crippen molar-refractivity contribution in [1.29, 1.82) is 0 Å². The number of aliphatic hydroxyl groups is 1. The molecule has 0 unspecified atom stereocenters. The molecule has 0 saturated carbocycles. The van der Waals surface area contributed by atoms with Crippen LogP contribution in [0.1, 0.15) is 31.2 Å². The molecule has 1 amide bonds. The third-order valence-electron chi connectivity index (χ3n) is 5.14. The first-order valence-corrected chi connectivity index (χ1v) is 9.04. The van der Waals surface area contributed by atoms with Gasteiger partial charge in [0.1, 0.15) is 0 Å². The van der Waals surface area contributed by atoms with E-state index in [0.717, 1.165) is 25.1 Å². The number of likely N-dealkylation sites (tertiary alicyclic amines) is 1. The predicted octanol–water partition coefficient (Wildman–Crippen LogP) is 2.22. The molecule has 0 radical (unpaired) electrons. The van der Waals surface area contributed by atoms with Crippen molar-refractivity contribution in [2.75, 3.05) is 26.2 Å². The van der Waals surface area contributed by atoms with Crippen molar-refractivity contribution >= 4 is 12.2 Å². The lowest BCUT2D eigenvalue weighted by molar-refractivity contribution is -0.135. The van der Waals surface area contributed by atoms with Gasteiger partial charge in [0.15, 0.2) is 0 Å². The molecule has 1 aromatic rings. The van der Waals surface area contributed by atoms with Crippen LogP contribution in [0.2, 0.25) is 0 Å². The first kappa shape index (κ1) is 17.7. The molecule has 2 aliphatic heterocycles. The maximum absolute atomic E-state index is 12.4. The topological polar surface area (TPSA) is 56.1 Å². The van der Waals surface area contributed by atoms with E-state index in [4.69, 9.17) is 0 Å². The van der Waals surface area contributed by atoms with E-state index < -0.39 is 5.60 Å². The summed E-state index contributed by atoms with van der Waals surface area (Å²) in [5.41, 5.74) is 1.42. The average Bonchev–Trinajstić information content (AvgIpc) is 2.63. The summed E-state index contributed by atoms with van der Waals surface area (Å²) in [6.07, 6.45) is 5.11. The lowest BCUT2D eigenvalue weighted by Gasteiger charge is -2.41. The molecular weight excluding hydrogens is 314 g/mol. The Morgan fingerprint density at radius 3 is 2.64 bits per heavy atom. The van der Waals surface area contributed by atoms with E-state index in [1.807, 2.05) is 28.0 Å². The molecule has 1 N–H and O–H groups in total. The highest BCUT2D eigenvalue weighted by Gasteiger charge is 2.35. The fraction of sp³-hybridized carbons (Fsp3) is 0.500. The van der Waals surface area contributed by atoms with Crippen molar-refractivity contribution in [3.05, 3.63) is 48.2 Å². The molecule has 5 nitrogen and oxygen atoms in total. The normalized spacial score (nSPS) is 20.0. The monoisotopic (exact) mass is 341 g/mol. The number of nitrogens with zero attached hydrogens (tertiary/aromatic N) is 3. The van der Waals surface area contributed by atoms with Crippen LogP contribution in [0.5, 0.6) is 0 Å². The molecule has 0 aromatic heterocycles. The van der Waals surface area contributed by atoms with Crippen LogP contribution in [0.25, 0.3) is 0 Å². The summed E-state index contributed by atoms with van der Waals surface area (Å²) in [6.45, 7) is 6.56. The van der Waals surface area contributed by atoms with E-state index in [-0.39, 0.29) is 5.91 Å². The Morgan fingerprint density at radius 2 is 1.96 bits per heavy atom. The maximum atomic E-state index is 12.4. The summed E-state index contributed by atoms with van der Waals surface area (Å²) >= 11 is 0. The van der Waals surface area contributed by atoms with Gasteiger partial charge in [-0.05, 0) is 24.8 Å². The maximum Gasteiger partial charge on any atom is 0.222 e. The highest BCUT2D eigenvalue weighted by Crippen LogP contribution is 2.26. The standard InChI is InChI=1S/C20H27N3O2/c1-17-9-12-21-16-23(17)15-20(25)10-13-22(14-11-20)19(24)8-7-18-5-3-2-4-6-18/h2-6,16,25H,1,7-15H2. The number of rotatable bonds is 5. The Bertz CT molecular complexity index is 634. The molecule has 2 heterocycles. The molecule has 3 rings (SSSR count). The van der Waals surface area contributed by atoms with E-state index in [1.165, 1.54) is 5.56 Å². The van der Waals surface area contributed by atoms with Crippen molar-refractivity contribution in [2.45, 2.75) is 37.7 Å². The fourth-order valence-electron chi connectivity index (χ4n) is 3.43. The Labute approximate surface area is 149 Å². The Kier molecular flexibility index (Phi) is 5.53. The largest absolute Gasteiger partial charge is 0.388 e. The van der Waals surface area contributed by atoms with Crippen LogP contribution in [0, 0.1) is 0 Å². The zero-order chi connectivity index (χ0) is 17.7. The Hall–Kier alpha value is -2.14. The summed E-state index contributed by atoms with van der Waals surface area (Å²) in [5, 5.41) is 10.9. The number of hydrogen-bond acceptors (Lipinski definition) is 4. The van der Waals surface area contributed by atoms with Crippen molar-refractivity contribution in [2.24, 2.45) is 4.99 Å². The average molecular weight is 341 g/mol. The van der Waals surface area contributed by atoms with Crippen molar-refractivity contribution in [1.82, 2.24) is 9.80 Å². The molecule has 5 heteroatoms. The van der Waals surface area contributed by atoms with Gasteiger partial charge in [-0.2, -0.15) is 0 Å². The predicted molar refractivity (Wildman–Crippen MR) is 99.3 cm³/mol. The van der Waals surface area contributed by atoms with Crippen LogP contribution in [-0.4, -0.2) is 58.9 Å². The van der Waals surface area contributed by atoms with Crippen LogP contribution >= 0.6 is 0 Å². The van der Waals surface area contributed by atoms with E-state index in [2.05, 4.69) is 23.7 Å². The van der Waals surface area contributed by atoms with E-state index >= 15 is 0 Å². The number of hydrogen-bond donors (Lipinski definition) is 1. The van der Waals surface area contributed by atoms with Crippen LogP contribution in [0.4, 0.5) is 0 Å². The van der Waals surface area contributed by atoms with Gasteiger partial charge in [0.2, 0.25) is 5.91 Å². The molecule has 25 heavy (non-hydrogen) atoms. The third-order valence-corrected chi connectivity index (χ3v) is 5.14. The second-order valence-electron chi connectivity index (χ2n) is 7.06. The van der Waals surface area contributed by atoms with Crippen molar-refractivity contribution < 1.29 is 9.90 Å². The lowest BCUT2D eigenvalue weighted by Crippen LogP contribution is -2.52. The molecule has 1 aromatic carbocycles. The van der Waals surface area contributed by atoms with Gasteiger partial charge in [-0.25, -0.2) is 0 Å². The highest BCUT2D eigenvalue weighted by atomic mass is 16.3. The van der Waals surface area contributed by atoms with Gasteiger partial charge in [-0.3, -0.25) is 9.79 Å². The number of carbonyl (C=O) groups excluding carboxylic acids is 1. The number of β-amino-alcohol motifs (C(OH)–C–C–N with tert-alkyl or cyclic N) is 1. The van der Waals surface area contributed by atoms with Gasteiger partial charge >= 0.3 is 0 Å². The number of piperidine rings is 1. The number of amides is 1. The van der Waals surface area contributed by atoms with Gasteiger partial charge in [0, 0.05) is 38.2 Å². The van der Waals surface area contributed by atoms with E-state index in [1.54, 1.807) is 6.34 Å². The molecule has 0 aliphatic carbocycles. The molecule has 134 valence electrons. The van der Waals surface area contributed by atoms with Crippen molar-refractivity contribution in [3.63, 3.8) is 0 Å². The first-order chi connectivity index (χ1) is 12.1. The molecule has 2 aliphatic rings. The molecule has 0 atom stereocenters. The smallest absolute Gasteiger partial charge is 0.222 e. The minimum Gasteiger partial charge on any atom is -0.388 e. The fourth-order valence-corrected chi connectivity index (χ4v) is 3.43. The Balaban J connectivity index is 1.47. The molecule has 0 bridgehead atoms.